The molecular weight excluding hydrogens is 336 g/mol. The lowest BCUT2D eigenvalue weighted by molar-refractivity contribution is -0.137. The SMILES string of the molecule is COCc1cc(-c2cnc(C)nc2)cc2c(C(C)=O)nn(CC(=O)O)c12. The van der Waals surface area contributed by atoms with Crippen molar-refractivity contribution in [3.05, 3.63) is 41.6 Å². The zero-order valence-corrected chi connectivity index (χ0v) is 14.7. The fourth-order valence-electron chi connectivity index (χ4n) is 2.88. The Balaban J connectivity index is 2.30. The number of aryl methyl sites for hydroxylation is 1. The lowest BCUT2D eigenvalue weighted by atomic mass is 10.0. The van der Waals surface area contributed by atoms with Gasteiger partial charge in [-0.05, 0) is 24.6 Å². The smallest absolute Gasteiger partial charge is 0.325 e. The van der Waals surface area contributed by atoms with Gasteiger partial charge in [0.25, 0.3) is 0 Å². The van der Waals surface area contributed by atoms with Crippen LogP contribution in [0.3, 0.4) is 0 Å². The van der Waals surface area contributed by atoms with Crippen molar-refractivity contribution >= 4 is 22.7 Å². The highest BCUT2D eigenvalue weighted by molar-refractivity contribution is 6.06. The number of Topliss-reactive ketones (excluding diaryl/α,β-unsaturated/α-hetero) is 1. The van der Waals surface area contributed by atoms with Crippen molar-refractivity contribution in [1.29, 1.82) is 0 Å². The van der Waals surface area contributed by atoms with Gasteiger partial charge in [-0.1, -0.05) is 0 Å². The van der Waals surface area contributed by atoms with Gasteiger partial charge in [-0.2, -0.15) is 5.10 Å². The van der Waals surface area contributed by atoms with Crippen LogP contribution in [-0.2, 0) is 22.7 Å². The molecule has 0 atom stereocenters. The highest BCUT2D eigenvalue weighted by Crippen LogP contribution is 2.30. The number of carbonyl (C=O) groups excluding carboxylic acids is 1. The van der Waals surface area contributed by atoms with Crippen LogP contribution in [0, 0.1) is 6.92 Å². The molecule has 8 heteroatoms. The molecule has 0 radical (unpaired) electrons. The van der Waals surface area contributed by atoms with Crippen LogP contribution in [0.4, 0.5) is 0 Å². The second kappa shape index (κ2) is 7.01. The summed E-state index contributed by atoms with van der Waals surface area (Å²) in [6, 6.07) is 3.69. The number of carboxylic acid groups (broad SMARTS) is 1. The minimum Gasteiger partial charge on any atom is -0.480 e. The lowest BCUT2D eigenvalue weighted by Crippen LogP contribution is -2.11. The van der Waals surface area contributed by atoms with E-state index in [4.69, 9.17) is 9.84 Å². The first-order chi connectivity index (χ1) is 12.4. The van der Waals surface area contributed by atoms with Gasteiger partial charge in [0.1, 0.15) is 18.1 Å². The Morgan fingerprint density at radius 2 is 1.88 bits per heavy atom. The van der Waals surface area contributed by atoms with E-state index >= 15 is 0 Å². The Kier molecular flexibility index (Phi) is 4.77. The quantitative estimate of drug-likeness (QED) is 0.676. The van der Waals surface area contributed by atoms with Crippen molar-refractivity contribution < 1.29 is 19.4 Å². The van der Waals surface area contributed by atoms with Gasteiger partial charge in [-0.15, -0.1) is 0 Å². The Labute approximate surface area is 149 Å². The van der Waals surface area contributed by atoms with E-state index in [2.05, 4.69) is 15.1 Å². The number of ether oxygens (including phenoxy) is 1. The first-order valence-corrected chi connectivity index (χ1v) is 7.94. The Morgan fingerprint density at radius 3 is 2.46 bits per heavy atom. The van der Waals surface area contributed by atoms with E-state index in [0.29, 0.717) is 16.7 Å². The third-order valence-electron chi connectivity index (χ3n) is 3.96. The second-order valence-electron chi connectivity index (χ2n) is 5.94. The third kappa shape index (κ3) is 3.31. The molecule has 0 aliphatic carbocycles. The number of hydrogen-bond acceptors (Lipinski definition) is 6. The van der Waals surface area contributed by atoms with Crippen molar-refractivity contribution in [3.8, 4) is 11.1 Å². The number of carbonyl (C=O) groups is 2. The van der Waals surface area contributed by atoms with E-state index in [9.17, 15) is 9.59 Å². The van der Waals surface area contributed by atoms with Gasteiger partial charge < -0.3 is 9.84 Å². The van der Waals surface area contributed by atoms with Gasteiger partial charge in [-0.25, -0.2) is 9.97 Å². The number of carboxylic acids is 1. The number of aromatic nitrogens is 4. The first kappa shape index (κ1) is 17.7. The maximum Gasteiger partial charge on any atom is 0.325 e. The Morgan fingerprint density at radius 1 is 1.19 bits per heavy atom. The number of rotatable bonds is 6. The maximum atomic E-state index is 12.0. The molecule has 0 saturated carbocycles. The summed E-state index contributed by atoms with van der Waals surface area (Å²) < 4.78 is 6.60. The van der Waals surface area contributed by atoms with Gasteiger partial charge in [0.15, 0.2) is 5.78 Å². The van der Waals surface area contributed by atoms with Crippen molar-refractivity contribution in [1.82, 2.24) is 19.7 Å². The average Bonchev–Trinajstić information content (AvgIpc) is 2.94. The lowest BCUT2D eigenvalue weighted by Gasteiger charge is -2.09. The molecule has 0 bridgehead atoms. The molecule has 1 aromatic carbocycles. The Bertz CT molecular complexity index is 993. The molecule has 0 aliphatic heterocycles. The van der Waals surface area contributed by atoms with Crippen LogP contribution in [-0.4, -0.2) is 43.7 Å². The van der Waals surface area contributed by atoms with Crippen LogP contribution >= 0.6 is 0 Å². The summed E-state index contributed by atoms with van der Waals surface area (Å²) in [4.78, 5) is 31.6. The molecule has 0 spiro atoms. The predicted molar refractivity (Wildman–Crippen MR) is 93.8 cm³/mol. The van der Waals surface area contributed by atoms with Crippen molar-refractivity contribution in [2.24, 2.45) is 0 Å². The topological polar surface area (TPSA) is 107 Å². The monoisotopic (exact) mass is 354 g/mol. The van der Waals surface area contributed by atoms with E-state index in [0.717, 1.165) is 16.7 Å². The molecule has 1 N–H and O–H groups in total. The summed E-state index contributed by atoms with van der Waals surface area (Å²) in [7, 11) is 1.55. The summed E-state index contributed by atoms with van der Waals surface area (Å²) in [5.74, 6) is -0.616. The van der Waals surface area contributed by atoms with Crippen LogP contribution < -0.4 is 0 Å². The Hall–Kier alpha value is -3.13. The van der Waals surface area contributed by atoms with Crippen molar-refractivity contribution in [3.63, 3.8) is 0 Å². The number of hydrogen-bond donors (Lipinski definition) is 1. The number of aliphatic carboxylic acids is 1. The molecule has 2 aromatic heterocycles. The molecule has 3 rings (SSSR count). The number of fused-ring (bicyclic) bond motifs is 1. The minimum atomic E-state index is -1.04. The molecule has 3 aromatic rings. The normalized spacial score (nSPS) is 11.0. The number of ketones is 1. The summed E-state index contributed by atoms with van der Waals surface area (Å²) in [6.07, 6.45) is 3.41. The third-order valence-corrected chi connectivity index (χ3v) is 3.96. The summed E-state index contributed by atoms with van der Waals surface area (Å²) in [5.41, 5.74) is 3.14. The minimum absolute atomic E-state index is 0.230. The molecule has 8 nitrogen and oxygen atoms in total. The second-order valence-corrected chi connectivity index (χ2v) is 5.94. The zero-order valence-electron chi connectivity index (χ0n) is 14.7. The van der Waals surface area contributed by atoms with Crippen LogP contribution in [0.15, 0.2) is 24.5 Å². The molecule has 0 aliphatic rings. The zero-order chi connectivity index (χ0) is 18.8. The molecular formula is C18H18N4O4. The molecule has 0 unspecified atom stereocenters. The fraction of sp³-hybridized carbons (Fsp3) is 0.278. The standard InChI is InChI=1S/C18H18N4O4/c1-10(23)17-15-5-12(14-6-19-11(2)20-7-14)4-13(9-26-3)18(15)22(21-17)8-16(24)25/h4-7H,8-9H2,1-3H3,(H,24,25). The molecule has 134 valence electrons. The van der Waals surface area contributed by atoms with Crippen LogP contribution in [0.5, 0.6) is 0 Å². The number of nitrogens with zero attached hydrogens (tertiary/aromatic N) is 4. The highest BCUT2D eigenvalue weighted by atomic mass is 16.5. The van der Waals surface area contributed by atoms with Gasteiger partial charge in [0, 0.05) is 42.9 Å². The van der Waals surface area contributed by atoms with E-state index in [1.807, 2.05) is 12.1 Å². The van der Waals surface area contributed by atoms with Crippen molar-refractivity contribution in [2.45, 2.75) is 27.0 Å². The van der Waals surface area contributed by atoms with E-state index in [-0.39, 0.29) is 24.6 Å². The predicted octanol–water partition coefficient (Wildman–Crippen LogP) is 2.24. The average molecular weight is 354 g/mol. The molecule has 0 saturated heterocycles. The molecule has 0 amide bonds. The highest BCUT2D eigenvalue weighted by Gasteiger charge is 2.20. The number of methoxy groups -OCH3 is 1. The largest absolute Gasteiger partial charge is 0.480 e. The molecule has 2 heterocycles. The van der Waals surface area contributed by atoms with Crippen molar-refractivity contribution in [2.75, 3.05) is 7.11 Å². The summed E-state index contributed by atoms with van der Waals surface area (Å²) in [6.45, 7) is 3.12. The van der Waals surface area contributed by atoms with Crippen LogP contribution in [0.1, 0.15) is 28.8 Å². The van der Waals surface area contributed by atoms with Crippen LogP contribution in [0.25, 0.3) is 22.0 Å². The maximum absolute atomic E-state index is 12.0. The van der Waals surface area contributed by atoms with Gasteiger partial charge >= 0.3 is 5.97 Å². The molecule has 0 fully saturated rings. The van der Waals surface area contributed by atoms with Gasteiger partial charge in [0.2, 0.25) is 0 Å². The van der Waals surface area contributed by atoms with E-state index in [1.54, 1.807) is 26.4 Å². The van der Waals surface area contributed by atoms with Gasteiger partial charge in [-0.3, -0.25) is 14.3 Å². The summed E-state index contributed by atoms with van der Waals surface area (Å²) >= 11 is 0. The van der Waals surface area contributed by atoms with E-state index in [1.165, 1.54) is 11.6 Å². The van der Waals surface area contributed by atoms with Gasteiger partial charge in [0.05, 0.1) is 12.1 Å². The fourth-order valence-corrected chi connectivity index (χ4v) is 2.88. The first-order valence-electron chi connectivity index (χ1n) is 7.94. The van der Waals surface area contributed by atoms with Crippen LogP contribution in [0.2, 0.25) is 0 Å². The van der Waals surface area contributed by atoms with E-state index < -0.39 is 5.97 Å². The summed E-state index contributed by atoms with van der Waals surface area (Å²) in [5, 5.41) is 14.0. The molecule has 26 heavy (non-hydrogen) atoms. The number of benzene rings is 1.